The van der Waals surface area contributed by atoms with E-state index in [1.165, 1.54) is 14.2 Å². The van der Waals surface area contributed by atoms with Crippen LogP contribution in [-0.2, 0) is 9.53 Å². The van der Waals surface area contributed by atoms with E-state index in [0.717, 1.165) is 18.9 Å². The number of nitrogens with zero attached hydrogens (tertiary/aromatic N) is 2. The van der Waals surface area contributed by atoms with Gasteiger partial charge in [0.1, 0.15) is 11.6 Å². The van der Waals surface area contributed by atoms with Gasteiger partial charge < -0.3 is 19.7 Å². The second-order valence-electron chi connectivity index (χ2n) is 6.49. The molecule has 0 bridgehead atoms. The number of methoxy groups -OCH3 is 2. The maximum atomic E-state index is 12.7. The summed E-state index contributed by atoms with van der Waals surface area (Å²) in [5.74, 6) is 0.585. The van der Waals surface area contributed by atoms with Gasteiger partial charge in [0.15, 0.2) is 0 Å². The van der Waals surface area contributed by atoms with Crippen molar-refractivity contribution in [3.8, 4) is 5.75 Å². The minimum Gasteiger partial charge on any atom is -0.497 e. The smallest absolute Gasteiger partial charge is 0.340 e. The van der Waals surface area contributed by atoms with Gasteiger partial charge in [-0.05, 0) is 43.2 Å². The first kappa shape index (κ1) is 19.9. The fourth-order valence-corrected chi connectivity index (χ4v) is 3.31. The summed E-state index contributed by atoms with van der Waals surface area (Å²) >= 11 is 5.88. The first-order valence-electron chi connectivity index (χ1n) is 8.95. The lowest BCUT2D eigenvalue weighted by Crippen LogP contribution is -2.38. The zero-order valence-electron chi connectivity index (χ0n) is 15.8. The Labute approximate surface area is 168 Å². The number of esters is 1. The van der Waals surface area contributed by atoms with Crippen LogP contribution in [0.25, 0.3) is 0 Å². The zero-order valence-corrected chi connectivity index (χ0v) is 16.5. The number of carbonyl (C=O) groups is 2. The van der Waals surface area contributed by atoms with E-state index < -0.39 is 5.97 Å². The summed E-state index contributed by atoms with van der Waals surface area (Å²) < 4.78 is 9.95. The average Bonchev–Trinajstić information content (AvgIpc) is 2.74. The predicted molar refractivity (Wildman–Crippen MR) is 107 cm³/mol. The number of ether oxygens (including phenoxy) is 2. The molecule has 0 spiro atoms. The van der Waals surface area contributed by atoms with Crippen molar-refractivity contribution in [2.24, 2.45) is 5.92 Å². The van der Waals surface area contributed by atoms with Crippen LogP contribution in [0.3, 0.4) is 0 Å². The van der Waals surface area contributed by atoms with Gasteiger partial charge in [-0.15, -0.1) is 0 Å². The van der Waals surface area contributed by atoms with E-state index in [1.807, 2.05) is 6.07 Å². The van der Waals surface area contributed by atoms with Gasteiger partial charge in [-0.2, -0.15) is 0 Å². The molecule has 0 unspecified atom stereocenters. The van der Waals surface area contributed by atoms with Crippen molar-refractivity contribution >= 4 is 35.0 Å². The van der Waals surface area contributed by atoms with Crippen molar-refractivity contribution in [3.63, 3.8) is 0 Å². The van der Waals surface area contributed by atoms with Crippen LogP contribution in [0.15, 0.2) is 36.5 Å². The number of nitrogens with one attached hydrogen (secondary N) is 1. The molecule has 1 aliphatic heterocycles. The van der Waals surface area contributed by atoms with Crippen LogP contribution in [0, 0.1) is 5.92 Å². The highest BCUT2D eigenvalue weighted by atomic mass is 35.5. The standard InChI is InChI=1S/C20H22ClN3O4/c1-27-15-4-5-17(16(11-15)20(26)28-2)23-19(25)13-7-9-24(10-8-13)18-6-3-14(21)12-22-18/h3-6,11-13H,7-10H2,1-2H3,(H,23,25). The molecule has 7 nitrogen and oxygen atoms in total. The summed E-state index contributed by atoms with van der Waals surface area (Å²) in [6.07, 6.45) is 3.01. The van der Waals surface area contributed by atoms with Crippen LogP contribution >= 0.6 is 11.6 Å². The normalized spacial score (nSPS) is 14.5. The van der Waals surface area contributed by atoms with Gasteiger partial charge in [-0.1, -0.05) is 11.6 Å². The summed E-state index contributed by atoms with van der Waals surface area (Å²) in [6, 6.07) is 8.58. The highest BCUT2D eigenvalue weighted by molar-refractivity contribution is 6.30. The Balaban J connectivity index is 1.64. The number of hydrogen-bond acceptors (Lipinski definition) is 6. The predicted octanol–water partition coefficient (Wildman–Crippen LogP) is 3.39. The van der Waals surface area contributed by atoms with Crippen LogP contribution < -0.4 is 15.0 Å². The molecular weight excluding hydrogens is 382 g/mol. The molecule has 1 N–H and O–H groups in total. The lowest BCUT2D eigenvalue weighted by Gasteiger charge is -2.32. The fraction of sp³-hybridized carbons (Fsp3) is 0.350. The molecule has 0 aliphatic carbocycles. The van der Waals surface area contributed by atoms with Crippen LogP contribution in [0.5, 0.6) is 5.75 Å². The van der Waals surface area contributed by atoms with E-state index in [2.05, 4.69) is 15.2 Å². The Bertz CT molecular complexity index is 849. The molecule has 1 saturated heterocycles. The molecule has 0 radical (unpaired) electrons. The number of benzene rings is 1. The molecule has 8 heteroatoms. The van der Waals surface area contributed by atoms with Crippen molar-refractivity contribution < 1.29 is 19.1 Å². The Morgan fingerprint density at radius 3 is 2.54 bits per heavy atom. The Kier molecular flexibility index (Phi) is 6.36. The SMILES string of the molecule is COC(=O)c1cc(OC)ccc1NC(=O)C1CCN(c2ccc(Cl)cn2)CC1. The Morgan fingerprint density at radius 1 is 1.18 bits per heavy atom. The van der Waals surface area contributed by atoms with Crippen LogP contribution in [0.4, 0.5) is 11.5 Å². The third kappa shape index (κ3) is 4.54. The molecule has 1 fully saturated rings. The number of hydrogen-bond donors (Lipinski definition) is 1. The van der Waals surface area contributed by atoms with Gasteiger partial charge in [0.05, 0.1) is 30.5 Å². The van der Waals surface area contributed by atoms with E-state index in [0.29, 0.717) is 29.3 Å². The van der Waals surface area contributed by atoms with E-state index in [-0.39, 0.29) is 17.4 Å². The number of amides is 1. The van der Waals surface area contributed by atoms with Crippen molar-refractivity contribution in [1.29, 1.82) is 0 Å². The fourth-order valence-electron chi connectivity index (χ4n) is 3.20. The number of piperidine rings is 1. The number of anilines is 2. The topological polar surface area (TPSA) is 80.8 Å². The summed E-state index contributed by atoms with van der Waals surface area (Å²) in [6.45, 7) is 1.44. The van der Waals surface area contributed by atoms with Crippen LogP contribution in [0.1, 0.15) is 23.2 Å². The third-order valence-electron chi connectivity index (χ3n) is 4.79. The summed E-state index contributed by atoms with van der Waals surface area (Å²) in [5, 5.41) is 3.46. The summed E-state index contributed by atoms with van der Waals surface area (Å²) in [4.78, 5) is 31.2. The highest BCUT2D eigenvalue weighted by Crippen LogP contribution is 2.26. The number of rotatable bonds is 5. The number of pyridine rings is 1. The maximum absolute atomic E-state index is 12.7. The van der Waals surface area contributed by atoms with E-state index in [9.17, 15) is 9.59 Å². The molecule has 28 heavy (non-hydrogen) atoms. The number of halogens is 1. The molecule has 2 aromatic rings. The average molecular weight is 404 g/mol. The third-order valence-corrected chi connectivity index (χ3v) is 5.02. The molecule has 1 aromatic carbocycles. The van der Waals surface area contributed by atoms with Crippen LogP contribution in [0.2, 0.25) is 5.02 Å². The molecular formula is C20H22ClN3O4. The largest absolute Gasteiger partial charge is 0.497 e. The molecule has 0 saturated carbocycles. The van der Waals surface area contributed by atoms with Crippen molar-refractivity contribution in [2.45, 2.75) is 12.8 Å². The first-order valence-corrected chi connectivity index (χ1v) is 9.33. The van der Waals surface area contributed by atoms with Crippen molar-refractivity contribution in [2.75, 3.05) is 37.5 Å². The zero-order chi connectivity index (χ0) is 20.1. The van der Waals surface area contributed by atoms with Gasteiger partial charge in [-0.25, -0.2) is 9.78 Å². The van der Waals surface area contributed by atoms with Gasteiger partial charge in [-0.3, -0.25) is 4.79 Å². The van der Waals surface area contributed by atoms with Gasteiger partial charge >= 0.3 is 5.97 Å². The second-order valence-corrected chi connectivity index (χ2v) is 6.92. The Hall–Kier alpha value is -2.80. The van der Waals surface area contributed by atoms with Gasteiger partial charge in [0.2, 0.25) is 5.91 Å². The van der Waals surface area contributed by atoms with Gasteiger partial charge in [0.25, 0.3) is 0 Å². The minimum absolute atomic E-state index is 0.112. The van der Waals surface area contributed by atoms with E-state index in [1.54, 1.807) is 30.5 Å². The molecule has 1 amide bonds. The highest BCUT2D eigenvalue weighted by Gasteiger charge is 2.26. The minimum atomic E-state index is -0.530. The second kappa shape index (κ2) is 8.93. The lowest BCUT2D eigenvalue weighted by atomic mass is 9.95. The van der Waals surface area contributed by atoms with E-state index >= 15 is 0 Å². The Morgan fingerprint density at radius 2 is 1.93 bits per heavy atom. The lowest BCUT2D eigenvalue weighted by molar-refractivity contribution is -0.120. The molecule has 1 aromatic heterocycles. The van der Waals surface area contributed by atoms with E-state index in [4.69, 9.17) is 21.1 Å². The van der Waals surface area contributed by atoms with Crippen molar-refractivity contribution in [3.05, 3.63) is 47.1 Å². The number of aromatic nitrogens is 1. The maximum Gasteiger partial charge on any atom is 0.340 e. The van der Waals surface area contributed by atoms with Gasteiger partial charge in [0, 0.05) is 25.2 Å². The summed E-state index contributed by atoms with van der Waals surface area (Å²) in [5.41, 5.74) is 0.678. The number of carbonyl (C=O) groups excluding carboxylic acids is 2. The molecule has 0 atom stereocenters. The first-order chi connectivity index (χ1) is 13.5. The van der Waals surface area contributed by atoms with Crippen molar-refractivity contribution in [1.82, 2.24) is 4.98 Å². The van der Waals surface area contributed by atoms with Crippen LogP contribution in [-0.4, -0.2) is 44.2 Å². The molecule has 1 aliphatic rings. The molecule has 2 heterocycles. The summed E-state index contributed by atoms with van der Waals surface area (Å²) in [7, 11) is 2.81. The molecule has 3 rings (SSSR count). The quantitative estimate of drug-likeness (QED) is 0.771. The monoisotopic (exact) mass is 403 g/mol. The molecule has 148 valence electrons.